The second-order valence-corrected chi connectivity index (χ2v) is 5.98. The van der Waals surface area contributed by atoms with Gasteiger partial charge in [-0.05, 0) is 25.7 Å². The Morgan fingerprint density at radius 1 is 1.32 bits per heavy atom. The largest absolute Gasteiger partial charge is 0.465 e. The number of nitrogens with zero attached hydrogens (tertiary/aromatic N) is 1. The molecule has 1 saturated carbocycles. The molecule has 2 aliphatic heterocycles. The predicted octanol–water partition coefficient (Wildman–Crippen LogP) is 2.34. The summed E-state index contributed by atoms with van der Waals surface area (Å²) in [6.07, 6.45) is -1.79. The molecular formula is C14H23F2NO2. The van der Waals surface area contributed by atoms with Crippen LogP contribution in [0.2, 0.25) is 0 Å². The summed E-state index contributed by atoms with van der Waals surface area (Å²) in [5.41, 5.74) is 0. The number of alkyl halides is 2. The van der Waals surface area contributed by atoms with Crippen molar-refractivity contribution in [3.8, 4) is 0 Å². The van der Waals surface area contributed by atoms with E-state index in [9.17, 15) is 13.6 Å². The van der Waals surface area contributed by atoms with Crippen LogP contribution < -0.4 is 0 Å². The van der Waals surface area contributed by atoms with Crippen LogP contribution in [0.5, 0.6) is 0 Å². The van der Waals surface area contributed by atoms with Gasteiger partial charge < -0.3 is 4.74 Å². The minimum atomic E-state index is -1.53. The van der Waals surface area contributed by atoms with E-state index in [2.05, 4.69) is 0 Å². The van der Waals surface area contributed by atoms with Crippen LogP contribution in [0.3, 0.4) is 0 Å². The van der Waals surface area contributed by atoms with Crippen LogP contribution in [0.4, 0.5) is 8.78 Å². The highest BCUT2D eigenvalue weighted by Crippen LogP contribution is 2.43. The number of hydrogen-bond acceptors (Lipinski definition) is 3. The van der Waals surface area contributed by atoms with Gasteiger partial charge in [0.2, 0.25) is 0 Å². The quantitative estimate of drug-likeness (QED) is 0.738. The highest BCUT2D eigenvalue weighted by Gasteiger charge is 2.56. The van der Waals surface area contributed by atoms with Gasteiger partial charge in [-0.15, -0.1) is 0 Å². The molecule has 0 radical (unpaired) electrons. The average molecular weight is 275 g/mol. The van der Waals surface area contributed by atoms with Crippen molar-refractivity contribution in [3.05, 3.63) is 0 Å². The SMILES string of the molecule is CCOC(=O)[C@@H]1C2CCC([C@H](F)[C@@H]2F)N1CC(C)C. The van der Waals surface area contributed by atoms with Crippen LogP contribution >= 0.6 is 0 Å². The molecule has 2 heterocycles. The van der Waals surface area contributed by atoms with Crippen LogP contribution in [0, 0.1) is 11.8 Å². The number of esters is 1. The van der Waals surface area contributed by atoms with Crippen LogP contribution in [-0.4, -0.2) is 48.4 Å². The Morgan fingerprint density at radius 3 is 2.58 bits per heavy atom. The second kappa shape index (κ2) is 5.73. The monoisotopic (exact) mass is 275 g/mol. The number of halogens is 2. The molecule has 0 aromatic rings. The van der Waals surface area contributed by atoms with Gasteiger partial charge in [0.1, 0.15) is 18.4 Å². The molecule has 0 spiro atoms. The lowest BCUT2D eigenvalue weighted by atomic mass is 9.72. The van der Waals surface area contributed by atoms with Crippen molar-refractivity contribution in [2.45, 2.75) is 58.0 Å². The Hall–Kier alpha value is -0.710. The van der Waals surface area contributed by atoms with Gasteiger partial charge in [-0.3, -0.25) is 9.69 Å². The number of fused-ring (bicyclic) bond motifs is 3. The van der Waals surface area contributed by atoms with Crippen LogP contribution in [0.1, 0.15) is 33.6 Å². The van der Waals surface area contributed by atoms with E-state index in [1.165, 1.54) is 0 Å². The summed E-state index contributed by atoms with van der Waals surface area (Å²) in [6, 6.07) is -1.08. The van der Waals surface area contributed by atoms with E-state index in [0.717, 1.165) is 0 Å². The third-order valence-corrected chi connectivity index (χ3v) is 4.17. The first kappa shape index (κ1) is 14.7. The van der Waals surface area contributed by atoms with E-state index < -0.39 is 36.3 Å². The molecule has 0 aromatic heterocycles. The molecule has 19 heavy (non-hydrogen) atoms. The molecule has 3 rings (SSSR count). The van der Waals surface area contributed by atoms with Gasteiger partial charge in [-0.25, -0.2) is 8.78 Å². The molecular weight excluding hydrogens is 252 g/mol. The molecule has 0 N–H and O–H groups in total. The molecule has 110 valence electrons. The molecule has 1 aliphatic carbocycles. The summed E-state index contributed by atoms with van der Waals surface area (Å²) in [6.45, 7) is 6.65. The number of carbonyl (C=O) groups excluding carboxylic acids is 1. The van der Waals surface area contributed by atoms with E-state index >= 15 is 0 Å². The van der Waals surface area contributed by atoms with E-state index in [-0.39, 0.29) is 6.61 Å². The maximum absolute atomic E-state index is 14.0. The first-order valence-electron chi connectivity index (χ1n) is 7.17. The molecule has 5 atom stereocenters. The van der Waals surface area contributed by atoms with Crippen molar-refractivity contribution in [1.82, 2.24) is 4.90 Å². The van der Waals surface area contributed by atoms with Crippen LogP contribution in [-0.2, 0) is 9.53 Å². The zero-order valence-corrected chi connectivity index (χ0v) is 11.8. The lowest BCUT2D eigenvalue weighted by molar-refractivity contribution is -0.172. The lowest BCUT2D eigenvalue weighted by Crippen LogP contribution is -2.68. The van der Waals surface area contributed by atoms with Gasteiger partial charge in [0.15, 0.2) is 0 Å². The van der Waals surface area contributed by atoms with Crippen molar-refractivity contribution in [2.75, 3.05) is 13.2 Å². The summed E-state index contributed by atoms with van der Waals surface area (Å²) >= 11 is 0. The van der Waals surface area contributed by atoms with Crippen molar-refractivity contribution >= 4 is 5.97 Å². The number of piperidine rings is 2. The Bertz CT molecular complexity index is 337. The summed E-state index contributed by atoms with van der Waals surface area (Å²) in [4.78, 5) is 13.9. The Morgan fingerprint density at radius 2 is 2.00 bits per heavy atom. The maximum Gasteiger partial charge on any atom is 0.323 e. The second-order valence-electron chi connectivity index (χ2n) is 5.98. The smallest absolute Gasteiger partial charge is 0.323 e. The van der Waals surface area contributed by atoms with Gasteiger partial charge >= 0.3 is 5.97 Å². The third kappa shape index (κ3) is 2.62. The Labute approximate surface area is 113 Å². The molecule has 5 heteroatoms. The van der Waals surface area contributed by atoms with Crippen molar-refractivity contribution in [1.29, 1.82) is 0 Å². The minimum absolute atomic E-state index is 0.276. The topological polar surface area (TPSA) is 29.5 Å². The Kier molecular flexibility index (Phi) is 4.43. The van der Waals surface area contributed by atoms with E-state index in [4.69, 9.17) is 4.74 Å². The first-order valence-corrected chi connectivity index (χ1v) is 7.17. The summed E-state index contributed by atoms with van der Waals surface area (Å²) in [5.74, 6) is -0.647. The predicted molar refractivity (Wildman–Crippen MR) is 68.3 cm³/mol. The van der Waals surface area contributed by atoms with E-state index in [1.54, 1.807) is 6.92 Å². The lowest BCUT2D eigenvalue weighted by Gasteiger charge is -2.53. The van der Waals surface area contributed by atoms with E-state index in [1.807, 2.05) is 18.7 Å². The first-order chi connectivity index (χ1) is 8.97. The average Bonchev–Trinajstić information content (AvgIpc) is 2.34. The fraction of sp³-hybridized carbons (Fsp3) is 0.929. The minimum Gasteiger partial charge on any atom is -0.465 e. The number of rotatable bonds is 4. The zero-order valence-electron chi connectivity index (χ0n) is 11.8. The highest BCUT2D eigenvalue weighted by atomic mass is 19.2. The molecule has 2 saturated heterocycles. The van der Waals surface area contributed by atoms with Gasteiger partial charge in [-0.2, -0.15) is 0 Å². The third-order valence-electron chi connectivity index (χ3n) is 4.17. The molecule has 2 bridgehead atoms. The number of carbonyl (C=O) groups is 1. The number of ether oxygens (including phenoxy) is 1. The van der Waals surface area contributed by atoms with Crippen molar-refractivity contribution < 1.29 is 18.3 Å². The Balaban J connectivity index is 2.23. The van der Waals surface area contributed by atoms with Gasteiger partial charge in [0, 0.05) is 18.5 Å². The zero-order chi connectivity index (χ0) is 14.2. The fourth-order valence-corrected chi connectivity index (χ4v) is 3.47. The number of hydrogen-bond donors (Lipinski definition) is 0. The standard InChI is InChI=1S/C14H23F2NO2/c1-4-19-14(18)13-9-5-6-10(12(16)11(9)15)17(13)7-8(2)3/h8-13H,4-7H2,1-3H3/t9?,10?,11-,12+,13+/m1/s1. The van der Waals surface area contributed by atoms with Gasteiger partial charge in [0.25, 0.3) is 0 Å². The molecule has 3 nitrogen and oxygen atoms in total. The normalized spacial score (nSPS) is 38.7. The van der Waals surface area contributed by atoms with Crippen molar-refractivity contribution in [3.63, 3.8) is 0 Å². The summed E-state index contributed by atoms with van der Waals surface area (Å²) < 4.78 is 33.1. The molecule has 0 aromatic carbocycles. The molecule has 2 unspecified atom stereocenters. The van der Waals surface area contributed by atoms with E-state index in [0.29, 0.717) is 25.3 Å². The van der Waals surface area contributed by atoms with Gasteiger partial charge in [-0.1, -0.05) is 13.8 Å². The summed E-state index contributed by atoms with van der Waals surface area (Å²) in [5, 5.41) is 0. The maximum atomic E-state index is 14.0. The van der Waals surface area contributed by atoms with Crippen LogP contribution in [0.15, 0.2) is 0 Å². The summed E-state index contributed by atoms with van der Waals surface area (Å²) in [7, 11) is 0. The highest BCUT2D eigenvalue weighted by molar-refractivity contribution is 5.77. The van der Waals surface area contributed by atoms with Crippen LogP contribution in [0.25, 0.3) is 0 Å². The van der Waals surface area contributed by atoms with Crippen molar-refractivity contribution in [2.24, 2.45) is 11.8 Å². The fourth-order valence-electron chi connectivity index (χ4n) is 3.47. The van der Waals surface area contributed by atoms with Gasteiger partial charge in [0.05, 0.1) is 6.61 Å². The molecule has 0 amide bonds. The molecule has 3 fully saturated rings. The molecule has 3 aliphatic rings.